The van der Waals surface area contributed by atoms with Crippen LogP contribution < -0.4 is 5.32 Å². The van der Waals surface area contributed by atoms with Crippen LogP contribution in [0.25, 0.3) is 0 Å². The Labute approximate surface area is 129 Å². The van der Waals surface area contributed by atoms with Crippen molar-refractivity contribution in [3.05, 3.63) is 59.7 Å². The summed E-state index contributed by atoms with van der Waals surface area (Å²) < 4.78 is 0. The summed E-state index contributed by atoms with van der Waals surface area (Å²) in [4.78, 5) is 13.6. The minimum Gasteiger partial charge on any atom is -0.395 e. The second-order valence-electron chi connectivity index (χ2n) is 4.85. The van der Waals surface area contributed by atoms with E-state index in [0.29, 0.717) is 17.7 Å². The summed E-state index contributed by atoms with van der Waals surface area (Å²) in [6, 6.07) is 16.3. The van der Waals surface area contributed by atoms with E-state index in [-0.39, 0.29) is 12.5 Å². The van der Waals surface area contributed by atoms with E-state index in [1.807, 2.05) is 18.2 Å². The second kappa shape index (κ2) is 7.25. The molecular formula is C17H17N3O2. The van der Waals surface area contributed by atoms with Crippen LogP contribution >= 0.6 is 0 Å². The number of anilines is 2. The predicted octanol–water partition coefficient (Wildman–Crippen LogP) is 2.37. The standard InChI is InChI=1S/C17H17N3O2/c1-20(9-10-21)17(22)14-3-2-4-16(11-14)19-15-7-5-13(12-18)6-8-15/h2-8,11,19,21H,9-10H2,1H3. The van der Waals surface area contributed by atoms with Crippen molar-refractivity contribution in [1.82, 2.24) is 4.90 Å². The molecule has 0 saturated heterocycles. The van der Waals surface area contributed by atoms with Crippen molar-refractivity contribution in [1.29, 1.82) is 5.26 Å². The summed E-state index contributed by atoms with van der Waals surface area (Å²) in [6.45, 7) is 0.234. The molecule has 2 aromatic carbocycles. The molecule has 2 rings (SSSR count). The van der Waals surface area contributed by atoms with Gasteiger partial charge in [0.2, 0.25) is 0 Å². The third kappa shape index (κ3) is 3.84. The van der Waals surface area contributed by atoms with E-state index >= 15 is 0 Å². The third-order valence-electron chi connectivity index (χ3n) is 3.19. The number of carbonyl (C=O) groups excluding carboxylic acids is 1. The quantitative estimate of drug-likeness (QED) is 0.888. The molecule has 5 nitrogen and oxygen atoms in total. The van der Waals surface area contributed by atoms with Crippen molar-refractivity contribution >= 4 is 17.3 Å². The maximum Gasteiger partial charge on any atom is 0.253 e. The molecule has 0 saturated carbocycles. The maximum atomic E-state index is 12.2. The molecule has 0 unspecified atom stereocenters. The van der Waals surface area contributed by atoms with E-state index in [2.05, 4.69) is 11.4 Å². The van der Waals surface area contributed by atoms with Gasteiger partial charge in [-0.2, -0.15) is 5.26 Å². The first-order valence-electron chi connectivity index (χ1n) is 6.87. The summed E-state index contributed by atoms with van der Waals surface area (Å²) in [6.07, 6.45) is 0. The fraction of sp³-hybridized carbons (Fsp3) is 0.176. The van der Waals surface area contributed by atoms with Crippen molar-refractivity contribution in [3.8, 4) is 6.07 Å². The minimum atomic E-state index is -0.141. The van der Waals surface area contributed by atoms with E-state index < -0.39 is 0 Å². The van der Waals surface area contributed by atoms with Gasteiger partial charge in [0.1, 0.15) is 0 Å². The summed E-state index contributed by atoms with van der Waals surface area (Å²) >= 11 is 0. The molecule has 0 aliphatic carbocycles. The van der Waals surface area contributed by atoms with Gasteiger partial charge in [-0.1, -0.05) is 6.07 Å². The molecule has 0 heterocycles. The number of nitrogens with one attached hydrogen (secondary N) is 1. The van der Waals surface area contributed by atoms with Crippen molar-refractivity contribution in [2.24, 2.45) is 0 Å². The number of hydrogen-bond acceptors (Lipinski definition) is 4. The monoisotopic (exact) mass is 295 g/mol. The smallest absolute Gasteiger partial charge is 0.253 e. The van der Waals surface area contributed by atoms with Crippen LogP contribution in [0.1, 0.15) is 15.9 Å². The van der Waals surface area contributed by atoms with E-state index in [1.54, 1.807) is 37.4 Å². The molecule has 0 aliphatic heterocycles. The molecule has 2 aromatic rings. The van der Waals surface area contributed by atoms with E-state index in [1.165, 1.54) is 4.90 Å². The van der Waals surface area contributed by atoms with Gasteiger partial charge in [0.05, 0.1) is 18.2 Å². The van der Waals surface area contributed by atoms with Crippen LogP contribution in [0.15, 0.2) is 48.5 Å². The average Bonchev–Trinajstić information content (AvgIpc) is 2.55. The molecule has 0 aliphatic rings. The number of rotatable bonds is 5. The Morgan fingerprint density at radius 3 is 2.59 bits per heavy atom. The topological polar surface area (TPSA) is 76.4 Å². The Morgan fingerprint density at radius 2 is 1.95 bits per heavy atom. The molecule has 0 spiro atoms. The highest BCUT2D eigenvalue weighted by Crippen LogP contribution is 2.19. The highest BCUT2D eigenvalue weighted by Gasteiger charge is 2.11. The number of nitrogens with zero attached hydrogens (tertiary/aromatic N) is 2. The van der Waals surface area contributed by atoms with Crippen molar-refractivity contribution < 1.29 is 9.90 Å². The molecule has 112 valence electrons. The number of carbonyl (C=O) groups is 1. The highest BCUT2D eigenvalue weighted by molar-refractivity contribution is 5.95. The molecule has 2 N–H and O–H groups in total. The lowest BCUT2D eigenvalue weighted by molar-refractivity contribution is 0.0767. The third-order valence-corrected chi connectivity index (χ3v) is 3.19. The zero-order valence-electron chi connectivity index (χ0n) is 12.3. The first kappa shape index (κ1) is 15.5. The predicted molar refractivity (Wildman–Crippen MR) is 84.9 cm³/mol. The van der Waals surface area contributed by atoms with Crippen LogP contribution in [0.4, 0.5) is 11.4 Å². The van der Waals surface area contributed by atoms with Gasteiger partial charge in [-0.25, -0.2) is 0 Å². The Morgan fingerprint density at radius 1 is 1.23 bits per heavy atom. The van der Waals surface area contributed by atoms with Crippen molar-refractivity contribution in [2.45, 2.75) is 0 Å². The van der Waals surface area contributed by atoms with Crippen LogP contribution in [0.2, 0.25) is 0 Å². The number of amides is 1. The van der Waals surface area contributed by atoms with Crippen LogP contribution in [0.3, 0.4) is 0 Å². The fourth-order valence-electron chi connectivity index (χ4n) is 2.00. The summed E-state index contributed by atoms with van der Waals surface area (Å²) in [5, 5.41) is 20.9. The highest BCUT2D eigenvalue weighted by atomic mass is 16.3. The first-order chi connectivity index (χ1) is 10.6. The van der Waals surface area contributed by atoms with Gasteiger partial charge in [0.25, 0.3) is 5.91 Å². The summed E-state index contributed by atoms with van der Waals surface area (Å²) in [5.74, 6) is -0.141. The fourth-order valence-corrected chi connectivity index (χ4v) is 2.00. The molecule has 0 atom stereocenters. The van der Waals surface area contributed by atoms with E-state index in [0.717, 1.165) is 11.4 Å². The van der Waals surface area contributed by atoms with Crippen LogP contribution in [-0.4, -0.2) is 36.1 Å². The van der Waals surface area contributed by atoms with Gasteiger partial charge < -0.3 is 15.3 Å². The molecular weight excluding hydrogens is 278 g/mol. The number of likely N-dealkylation sites (N-methyl/N-ethyl adjacent to an activating group) is 1. The second-order valence-corrected chi connectivity index (χ2v) is 4.85. The maximum absolute atomic E-state index is 12.2. The van der Waals surface area contributed by atoms with E-state index in [9.17, 15) is 4.79 Å². The molecule has 5 heteroatoms. The summed E-state index contributed by atoms with van der Waals surface area (Å²) in [5.41, 5.74) is 2.77. The first-order valence-corrected chi connectivity index (χ1v) is 6.87. The number of aliphatic hydroxyl groups is 1. The average molecular weight is 295 g/mol. The van der Waals surface area contributed by atoms with Gasteiger partial charge >= 0.3 is 0 Å². The lowest BCUT2D eigenvalue weighted by atomic mass is 10.1. The SMILES string of the molecule is CN(CCO)C(=O)c1cccc(Nc2ccc(C#N)cc2)c1. The molecule has 0 aromatic heterocycles. The van der Waals surface area contributed by atoms with Gasteiger partial charge in [-0.3, -0.25) is 4.79 Å². The lowest BCUT2D eigenvalue weighted by Gasteiger charge is -2.16. The Bertz CT molecular complexity index is 690. The van der Waals surface area contributed by atoms with Gasteiger partial charge in [0, 0.05) is 30.5 Å². The normalized spacial score (nSPS) is 9.86. The van der Waals surface area contributed by atoms with Gasteiger partial charge in [-0.05, 0) is 42.5 Å². The zero-order chi connectivity index (χ0) is 15.9. The molecule has 0 radical (unpaired) electrons. The van der Waals surface area contributed by atoms with Gasteiger partial charge in [-0.15, -0.1) is 0 Å². The van der Waals surface area contributed by atoms with Crippen LogP contribution in [0.5, 0.6) is 0 Å². The number of benzene rings is 2. The lowest BCUT2D eigenvalue weighted by Crippen LogP contribution is -2.29. The number of hydrogen-bond donors (Lipinski definition) is 2. The molecule has 0 bridgehead atoms. The summed E-state index contributed by atoms with van der Waals surface area (Å²) in [7, 11) is 1.65. The number of nitriles is 1. The molecule has 22 heavy (non-hydrogen) atoms. The largest absolute Gasteiger partial charge is 0.395 e. The van der Waals surface area contributed by atoms with Crippen LogP contribution in [0, 0.1) is 11.3 Å². The number of aliphatic hydroxyl groups excluding tert-OH is 1. The van der Waals surface area contributed by atoms with Crippen molar-refractivity contribution in [3.63, 3.8) is 0 Å². The molecule has 1 amide bonds. The minimum absolute atomic E-state index is 0.0641. The zero-order valence-corrected chi connectivity index (χ0v) is 12.3. The Hall–Kier alpha value is -2.84. The Balaban J connectivity index is 2.14. The van der Waals surface area contributed by atoms with E-state index in [4.69, 9.17) is 10.4 Å². The van der Waals surface area contributed by atoms with Crippen LogP contribution in [-0.2, 0) is 0 Å². The van der Waals surface area contributed by atoms with Gasteiger partial charge in [0.15, 0.2) is 0 Å². The van der Waals surface area contributed by atoms with Crippen molar-refractivity contribution in [2.75, 3.05) is 25.5 Å². The molecule has 0 fully saturated rings. The Kier molecular flexibility index (Phi) is 5.12.